The Kier molecular flexibility index (Phi) is 6.08. The molecule has 0 aromatic heterocycles. The van der Waals surface area contributed by atoms with E-state index in [2.05, 4.69) is 10.6 Å². The number of amides is 1. The van der Waals surface area contributed by atoms with Crippen LogP contribution in [-0.2, 0) is 10.2 Å². The molecule has 0 unspecified atom stereocenters. The lowest BCUT2D eigenvalue weighted by Crippen LogP contribution is -2.47. The molecule has 0 aliphatic heterocycles. The number of unbranched alkanes of at least 4 members (excludes halogenated alkanes) is 1. The number of hydrogen-bond acceptors (Lipinski definition) is 2. The first kappa shape index (κ1) is 20.4. The molecule has 0 radical (unpaired) electrons. The molecule has 2 aromatic carbocycles. The summed E-state index contributed by atoms with van der Waals surface area (Å²) >= 11 is 0. The van der Waals surface area contributed by atoms with E-state index in [1.165, 1.54) is 0 Å². The van der Waals surface area contributed by atoms with Crippen molar-refractivity contribution < 1.29 is 18.0 Å². The zero-order valence-electron chi connectivity index (χ0n) is 15.9. The van der Waals surface area contributed by atoms with E-state index in [0.29, 0.717) is 6.42 Å². The van der Waals surface area contributed by atoms with Gasteiger partial charge >= 0.3 is 6.18 Å². The third-order valence-electron chi connectivity index (χ3n) is 5.31. The maximum Gasteiger partial charge on any atom is 0.405 e. The van der Waals surface area contributed by atoms with Crippen molar-refractivity contribution in [1.29, 1.82) is 0 Å². The maximum atomic E-state index is 13.2. The van der Waals surface area contributed by atoms with Gasteiger partial charge in [-0.15, -0.1) is 0 Å². The standard InChI is InChI=1S/C22H25F3N2O/c1-2-26-14-8-7-13-21(20(28)27-15-22(23,24)25)18-11-5-3-9-16(18)17-10-4-6-12-19(17)21/h3-6,9-12,26H,2,7-8,13-15H2,1H3,(H,27,28). The lowest BCUT2D eigenvalue weighted by atomic mass is 9.73. The Labute approximate surface area is 163 Å². The summed E-state index contributed by atoms with van der Waals surface area (Å²) in [5.74, 6) is -0.578. The van der Waals surface area contributed by atoms with Crippen LogP contribution >= 0.6 is 0 Å². The molecule has 0 bridgehead atoms. The Morgan fingerprint density at radius 2 is 1.54 bits per heavy atom. The molecule has 0 atom stereocenters. The minimum atomic E-state index is -4.44. The fourth-order valence-corrected chi connectivity index (χ4v) is 4.10. The minimum absolute atomic E-state index is 0.468. The zero-order chi connectivity index (χ0) is 20.2. The third kappa shape index (κ3) is 3.92. The van der Waals surface area contributed by atoms with Gasteiger partial charge in [-0.1, -0.05) is 61.9 Å². The van der Waals surface area contributed by atoms with Crippen LogP contribution in [0.5, 0.6) is 0 Å². The zero-order valence-corrected chi connectivity index (χ0v) is 15.9. The summed E-state index contributed by atoms with van der Waals surface area (Å²) in [7, 11) is 0. The summed E-state index contributed by atoms with van der Waals surface area (Å²) in [5.41, 5.74) is 2.34. The van der Waals surface area contributed by atoms with Crippen molar-refractivity contribution in [2.75, 3.05) is 19.6 Å². The van der Waals surface area contributed by atoms with E-state index < -0.39 is 24.0 Å². The summed E-state index contributed by atoms with van der Waals surface area (Å²) in [6.07, 6.45) is -2.39. The number of fused-ring (bicyclic) bond motifs is 3. The van der Waals surface area contributed by atoms with Crippen molar-refractivity contribution in [1.82, 2.24) is 10.6 Å². The largest absolute Gasteiger partial charge is 0.405 e. The van der Waals surface area contributed by atoms with Gasteiger partial charge in [-0.25, -0.2) is 0 Å². The Morgan fingerprint density at radius 1 is 0.964 bits per heavy atom. The molecule has 28 heavy (non-hydrogen) atoms. The van der Waals surface area contributed by atoms with Gasteiger partial charge in [0.05, 0.1) is 0 Å². The fourth-order valence-electron chi connectivity index (χ4n) is 4.10. The predicted octanol–water partition coefficient (Wildman–Crippen LogP) is 4.41. The average molecular weight is 390 g/mol. The molecule has 0 fully saturated rings. The quantitative estimate of drug-likeness (QED) is 0.656. The van der Waals surface area contributed by atoms with Crippen molar-refractivity contribution in [2.45, 2.75) is 37.8 Å². The number of benzene rings is 2. The summed E-state index contributed by atoms with van der Waals surface area (Å²) in [4.78, 5) is 13.2. The Balaban J connectivity index is 2.00. The van der Waals surface area contributed by atoms with Gasteiger partial charge in [0.2, 0.25) is 5.91 Å². The minimum Gasteiger partial charge on any atom is -0.346 e. The number of nitrogens with one attached hydrogen (secondary N) is 2. The first-order valence-corrected chi connectivity index (χ1v) is 9.65. The molecule has 2 aromatic rings. The van der Waals surface area contributed by atoms with Crippen LogP contribution in [-0.4, -0.2) is 31.7 Å². The molecule has 3 rings (SSSR count). The SMILES string of the molecule is CCNCCCCC1(C(=O)NCC(F)(F)F)c2ccccc2-c2ccccc21. The highest BCUT2D eigenvalue weighted by Gasteiger charge is 2.49. The van der Waals surface area contributed by atoms with Gasteiger partial charge in [-0.05, 0) is 48.2 Å². The molecule has 0 heterocycles. The first-order valence-electron chi connectivity index (χ1n) is 9.65. The predicted molar refractivity (Wildman–Crippen MR) is 104 cm³/mol. The number of halogens is 3. The number of carbonyl (C=O) groups is 1. The van der Waals surface area contributed by atoms with Crippen molar-refractivity contribution in [2.24, 2.45) is 0 Å². The monoisotopic (exact) mass is 390 g/mol. The van der Waals surface area contributed by atoms with Crippen molar-refractivity contribution in [3.05, 3.63) is 59.7 Å². The molecule has 0 spiro atoms. The second-order valence-corrected chi connectivity index (χ2v) is 7.11. The van der Waals surface area contributed by atoms with Crippen LogP contribution in [0.25, 0.3) is 11.1 Å². The van der Waals surface area contributed by atoms with E-state index in [1.54, 1.807) is 0 Å². The van der Waals surface area contributed by atoms with E-state index in [-0.39, 0.29) is 0 Å². The second kappa shape index (κ2) is 8.35. The van der Waals surface area contributed by atoms with Gasteiger partial charge in [0.1, 0.15) is 12.0 Å². The molecule has 3 nitrogen and oxygen atoms in total. The van der Waals surface area contributed by atoms with Crippen LogP contribution in [0, 0.1) is 0 Å². The third-order valence-corrected chi connectivity index (χ3v) is 5.31. The summed E-state index contributed by atoms with van der Waals surface area (Å²) in [5, 5.41) is 5.41. The van der Waals surface area contributed by atoms with Crippen LogP contribution in [0.15, 0.2) is 48.5 Å². The van der Waals surface area contributed by atoms with Gasteiger partial charge in [0.25, 0.3) is 0 Å². The lowest BCUT2D eigenvalue weighted by molar-refractivity contribution is -0.141. The van der Waals surface area contributed by atoms with Gasteiger partial charge in [0.15, 0.2) is 0 Å². The van der Waals surface area contributed by atoms with Crippen molar-refractivity contribution in [3.8, 4) is 11.1 Å². The van der Waals surface area contributed by atoms with Gasteiger partial charge in [-0.3, -0.25) is 4.79 Å². The number of carbonyl (C=O) groups excluding carboxylic acids is 1. The van der Waals surface area contributed by atoms with E-state index in [4.69, 9.17) is 0 Å². The van der Waals surface area contributed by atoms with Crippen LogP contribution in [0.2, 0.25) is 0 Å². The number of hydrogen-bond donors (Lipinski definition) is 2. The Bertz CT molecular complexity index is 787. The van der Waals surface area contributed by atoms with Crippen LogP contribution in [0.3, 0.4) is 0 Å². The Hall–Kier alpha value is -2.34. The number of rotatable bonds is 8. The number of alkyl halides is 3. The molecule has 1 aliphatic rings. The molecule has 1 aliphatic carbocycles. The highest BCUT2D eigenvalue weighted by molar-refractivity contribution is 6.00. The van der Waals surface area contributed by atoms with E-state index in [9.17, 15) is 18.0 Å². The molecule has 2 N–H and O–H groups in total. The highest BCUT2D eigenvalue weighted by Crippen LogP contribution is 2.51. The van der Waals surface area contributed by atoms with Gasteiger partial charge < -0.3 is 10.6 Å². The molecular weight excluding hydrogens is 365 g/mol. The van der Waals surface area contributed by atoms with Gasteiger partial charge in [-0.2, -0.15) is 13.2 Å². The smallest absolute Gasteiger partial charge is 0.346 e. The topological polar surface area (TPSA) is 41.1 Å². The second-order valence-electron chi connectivity index (χ2n) is 7.11. The normalized spacial score (nSPS) is 14.4. The Morgan fingerprint density at radius 3 is 2.07 bits per heavy atom. The summed E-state index contributed by atoms with van der Waals surface area (Å²) in [6.45, 7) is 2.38. The molecule has 0 saturated heterocycles. The maximum absolute atomic E-state index is 13.2. The van der Waals surface area contributed by atoms with Crippen molar-refractivity contribution >= 4 is 5.91 Å². The summed E-state index contributed by atoms with van der Waals surface area (Å²) < 4.78 is 38.4. The molecular formula is C22H25F3N2O. The molecule has 6 heteroatoms. The van der Waals surface area contributed by atoms with E-state index in [0.717, 1.165) is 48.2 Å². The van der Waals surface area contributed by atoms with Crippen LogP contribution in [0.1, 0.15) is 37.3 Å². The lowest BCUT2D eigenvalue weighted by Gasteiger charge is -2.31. The van der Waals surface area contributed by atoms with Crippen LogP contribution < -0.4 is 10.6 Å². The highest BCUT2D eigenvalue weighted by atomic mass is 19.4. The molecule has 1 amide bonds. The van der Waals surface area contributed by atoms with Gasteiger partial charge in [0, 0.05) is 0 Å². The summed E-state index contributed by atoms with van der Waals surface area (Å²) in [6, 6.07) is 15.1. The van der Waals surface area contributed by atoms with Crippen molar-refractivity contribution in [3.63, 3.8) is 0 Å². The van der Waals surface area contributed by atoms with Crippen LogP contribution in [0.4, 0.5) is 13.2 Å². The fraction of sp³-hybridized carbons (Fsp3) is 0.409. The average Bonchev–Trinajstić information content (AvgIpc) is 2.97. The first-order chi connectivity index (χ1) is 13.4. The molecule has 150 valence electrons. The molecule has 0 saturated carbocycles. The van der Waals surface area contributed by atoms with E-state index in [1.807, 2.05) is 55.5 Å². The van der Waals surface area contributed by atoms with E-state index >= 15 is 0 Å².